The number of carbonyl (C=O) groups excluding carboxylic acids is 1. The van der Waals surface area contributed by atoms with E-state index in [2.05, 4.69) is 25.3 Å². The van der Waals surface area contributed by atoms with Crippen molar-refractivity contribution in [1.82, 2.24) is 30.0 Å². The third-order valence-corrected chi connectivity index (χ3v) is 4.22. The first-order valence-electron chi connectivity index (χ1n) is 7.99. The van der Waals surface area contributed by atoms with Gasteiger partial charge in [0.2, 0.25) is 5.91 Å². The average molecular weight is 318 g/mol. The fraction of sp³-hybridized carbons (Fsp3) is 0.600. The van der Waals surface area contributed by atoms with E-state index in [1.165, 1.54) is 6.20 Å². The van der Waals surface area contributed by atoms with Gasteiger partial charge in [0.15, 0.2) is 5.65 Å². The summed E-state index contributed by atoms with van der Waals surface area (Å²) in [6.07, 6.45) is 4.05. The summed E-state index contributed by atoms with van der Waals surface area (Å²) in [6.45, 7) is 4.13. The molecule has 0 spiro atoms. The van der Waals surface area contributed by atoms with Crippen molar-refractivity contribution in [3.05, 3.63) is 22.4 Å². The number of likely N-dealkylation sites (tertiary alicyclic amines) is 1. The van der Waals surface area contributed by atoms with E-state index in [0.29, 0.717) is 29.8 Å². The minimum Gasteiger partial charge on any atom is -0.352 e. The van der Waals surface area contributed by atoms with E-state index in [0.717, 1.165) is 25.9 Å². The van der Waals surface area contributed by atoms with Crippen LogP contribution in [0.3, 0.4) is 0 Å². The molecule has 23 heavy (non-hydrogen) atoms. The van der Waals surface area contributed by atoms with E-state index in [-0.39, 0.29) is 17.5 Å². The van der Waals surface area contributed by atoms with E-state index in [4.69, 9.17) is 0 Å². The summed E-state index contributed by atoms with van der Waals surface area (Å²) in [6, 6.07) is 0.170. The van der Waals surface area contributed by atoms with Crippen LogP contribution in [0.25, 0.3) is 11.0 Å². The number of carbonyl (C=O) groups is 1. The van der Waals surface area contributed by atoms with E-state index < -0.39 is 0 Å². The highest BCUT2D eigenvalue weighted by Crippen LogP contribution is 2.13. The largest absolute Gasteiger partial charge is 0.352 e. The van der Waals surface area contributed by atoms with Crippen molar-refractivity contribution in [3.8, 4) is 0 Å². The van der Waals surface area contributed by atoms with Crippen LogP contribution in [0.5, 0.6) is 0 Å². The Labute approximate surface area is 133 Å². The standard InChI is InChI=1S/C15H22N6O2/c1-3-13(22)17-10-5-4-6-21(8-10)9-12-18-14-11(15(23)19-12)7-16-20(14)2/h7,10H,3-6,8-9H2,1-2H3,(H,17,22)(H,18,19,23)/t10-/m0/s1. The fourth-order valence-electron chi connectivity index (χ4n) is 3.01. The van der Waals surface area contributed by atoms with Gasteiger partial charge in [0, 0.05) is 26.1 Å². The molecule has 1 saturated heterocycles. The zero-order valence-electron chi connectivity index (χ0n) is 13.5. The Morgan fingerprint density at radius 2 is 2.35 bits per heavy atom. The number of fused-ring (bicyclic) bond motifs is 1. The number of amides is 1. The zero-order chi connectivity index (χ0) is 16.4. The van der Waals surface area contributed by atoms with Gasteiger partial charge < -0.3 is 10.3 Å². The van der Waals surface area contributed by atoms with Gasteiger partial charge in [-0.25, -0.2) is 4.98 Å². The number of aromatic amines is 1. The summed E-state index contributed by atoms with van der Waals surface area (Å²) in [5, 5.41) is 7.62. The molecule has 0 unspecified atom stereocenters. The van der Waals surface area contributed by atoms with Crippen LogP contribution in [0.15, 0.2) is 11.0 Å². The van der Waals surface area contributed by atoms with Gasteiger partial charge in [0.1, 0.15) is 11.2 Å². The molecule has 0 saturated carbocycles. The molecule has 1 amide bonds. The van der Waals surface area contributed by atoms with Gasteiger partial charge in [0.05, 0.1) is 12.7 Å². The number of aryl methyl sites for hydroxylation is 1. The van der Waals surface area contributed by atoms with Gasteiger partial charge in [-0.1, -0.05) is 6.92 Å². The van der Waals surface area contributed by atoms with Crippen molar-refractivity contribution in [2.75, 3.05) is 13.1 Å². The molecule has 1 aliphatic rings. The highest BCUT2D eigenvalue weighted by atomic mass is 16.1. The lowest BCUT2D eigenvalue weighted by molar-refractivity contribution is -0.121. The molecule has 0 aliphatic carbocycles. The smallest absolute Gasteiger partial charge is 0.262 e. The van der Waals surface area contributed by atoms with Crippen LogP contribution < -0.4 is 10.9 Å². The predicted octanol–water partition coefficient (Wildman–Crippen LogP) is 0.147. The second kappa shape index (κ2) is 6.49. The molecular formula is C15H22N6O2. The summed E-state index contributed by atoms with van der Waals surface area (Å²) >= 11 is 0. The highest BCUT2D eigenvalue weighted by Gasteiger charge is 2.22. The quantitative estimate of drug-likeness (QED) is 0.836. The average Bonchev–Trinajstić information content (AvgIpc) is 2.89. The number of hydrogen-bond donors (Lipinski definition) is 2. The SMILES string of the molecule is CCC(=O)N[C@H]1CCCN(Cc2nc3c(cnn3C)c(=O)[nH]2)C1. The Morgan fingerprint density at radius 3 is 3.13 bits per heavy atom. The second-order valence-electron chi connectivity index (χ2n) is 6.01. The molecule has 2 N–H and O–H groups in total. The van der Waals surface area contributed by atoms with Crippen LogP contribution in [-0.2, 0) is 18.4 Å². The van der Waals surface area contributed by atoms with Crippen LogP contribution in [0.4, 0.5) is 0 Å². The van der Waals surface area contributed by atoms with Crippen molar-refractivity contribution in [3.63, 3.8) is 0 Å². The molecular weight excluding hydrogens is 296 g/mol. The highest BCUT2D eigenvalue weighted by molar-refractivity contribution is 5.75. The molecule has 8 nitrogen and oxygen atoms in total. The van der Waals surface area contributed by atoms with E-state index in [9.17, 15) is 9.59 Å². The molecule has 2 aromatic heterocycles. The molecule has 3 rings (SSSR count). The van der Waals surface area contributed by atoms with Gasteiger partial charge in [-0.15, -0.1) is 0 Å². The second-order valence-corrected chi connectivity index (χ2v) is 6.01. The molecule has 8 heteroatoms. The molecule has 2 aromatic rings. The summed E-state index contributed by atoms with van der Waals surface area (Å²) in [5.41, 5.74) is 0.433. The molecule has 3 heterocycles. The number of nitrogens with one attached hydrogen (secondary N) is 2. The van der Waals surface area contributed by atoms with Gasteiger partial charge >= 0.3 is 0 Å². The molecule has 124 valence electrons. The van der Waals surface area contributed by atoms with Gasteiger partial charge in [-0.3, -0.25) is 19.2 Å². The summed E-state index contributed by atoms with van der Waals surface area (Å²) < 4.78 is 1.61. The third-order valence-electron chi connectivity index (χ3n) is 4.22. The number of hydrogen-bond acceptors (Lipinski definition) is 5. The third kappa shape index (κ3) is 3.42. The van der Waals surface area contributed by atoms with Gasteiger partial charge in [-0.2, -0.15) is 5.10 Å². The molecule has 1 fully saturated rings. The lowest BCUT2D eigenvalue weighted by Crippen LogP contribution is -2.47. The van der Waals surface area contributed by atoms with E-state index >= 15 is 0 Å². The van der Waals surface area contributed by atoms with Crippen LogP contribution in [-0.4, -0.2) is 49.7 Å². The topological polar surface area (TPSA) is 95.9 Å². The lowest BCUT2D eigenvalue weighted by Gasteiger charge is -2.32. The monoisotopic (exact) mass is 318 g/mol. The minimum atomic E-state index is -0.161. The Kier molecular flexibility index (Phi) is 4.42. The molecule has 0 radical (unpaired) electrons. The van der Waals surface area contributed by atoms with Crippen molar-refractivity contribution in [1.29, 1.82) is 0 Å². The maximum atomic E-state index is 12.1. The van der Waals surface area contributed by atoms with E-state index in [1.54, 1.807) is 11.7 Å². The van der Waals surface area contributed by atoms with Crippen molar-refractivity contribution in [2.24, 2.45) is 7.05 Å². The van der Waals surface area contributed by atoms with Crippen LogP contribution in [0, 0.1) is 0 Å². The van der Waals surface area contributed by atoms with Crippen molar-refractivity contribution >= 4 is 16.9 Å². The summed E-state index contributed by atoms with van der Waals surface area (Å²) in [4.78, 5) is 33.2. The van der Waals surface area contributed by atoms with Gasteiger partial charge in [0.25, 0.3) is 5.56 Å². The zero-order valence-corrected chi connectivity index (χ0v) is 13.5. The summed E-state index contributed by atoms with van der Waals surface area (Å²) in [5.74, 6) is 0.716. The number of piperidine rings is 1. The number of H-pyrrole nitrogens is 1. The van der Waals surface area contributed by atoms with Crippen LogP contribution in [0.2, 0.25) is 0 Å². The maximum absolute atomic E-state index is 12.1. The Morgan fingerprint density at radius 1 is 1.52 bits per heavy atom. The Hall–Kier alpha value is -2.22. The normalized spacial score (nSPS) is 19.1. The Balaban J connectivity index is 1.72. The van der Waals surface area contributed by atoms with Gasteiger partial charge in [-0.05, 0) is 19.4 Å². The number of aromatic nitrogens is 4. The number of rotatable bonds is 4. The minimum absolute atomic E-state index is 0.0830. The Bertz CT molecular complexity index is 765. The molecule has 1 aliphatic heterocycles. The van der Waals surface area contributed by atoms with Crippen LogP contribution >= 0.6 is 0 Å². The first kappa shape index (κ1) is 15.7. The molecule has 0 bridgehead atoms. The van der Waals surface area contributed by atoms with Crippen LogP contribution in [0.1, 0.15) is 32.0 Å². The van der Waals surface area contributed by atoms with E-state index in [1.807, 2.05) is 6.92 Å². The first-order chi connectivity index (χ1) is 11.1. The predicted molar refractivity (Wildman–Crippen MR) is 85.9 cm³/mol. The first-order valence-corrected chi connectivity index (χ1v) is 7.99. The lowest BCUT2D eigenvalue weighted by atomic mass is 10.1. The molecule has 0 aromatic carbocycles. The fourth-order valence-corrected chi connectivity index (χ4v) is 3.01. The number of nitrogens with zero attached hydrogens (tertiary/aromatic N) is 4. The van der Waals surface area contributed by atoms with Crippen molar-refractivity contribution in [2.45, 2.75) is 38.8 Å². The summed E-state index contributed by atoms with van der Waals surface area (Å²) in [7, 11) is 1.77. The van der Waals surface area contributed by atoms with Crippen molar-refractivity contribution < 1.29 is 4.79 Å². The molecule has 1 atom stereocenters. The maximum Gasteiger partial charge on any atom is 0.262 e.